The Hall–Kier alpha value is -0.230. The van der Waals surface area contributed by atoms with Crippen LogP contribution in [0.1, 0.15) is 110 Å². The Balaban J connectivity index is 3.17. The third kappa shape index (κ3) is 18.1. The van der Waals surface area contributed by atoms with Crippen molar-refractivity contribution in [3.8, 4) is 0 Å². The van der Waals surface area contributed by atoms with Crippen LogP contribution >= 0.6 is 0 Å². The summed E-state index contributed by atoms with van der Waals surface area (Å²) in [5, 5.41) is 0. The van der Waals surface area contributed by atoms with Gasteiger partial charge in [0.25, 0.3) is 10.0 Å². The number of rotatable bonds is 18. The fourth-order valence-electron chi connectivity index (χ4n) is 2.93. The fraction of sp³-hybridized carbons (Fsp3) is 1.00. The van der Waals surface area contributed by atoms with E-state index in [0.29, 0.717) is 6.42 Å². The molecule has 4 nitrogen and oxygen atoms in total. The van der Waals surface area contributed by atoms with Gasteiger partial charge in [-0.15, -0.1) is 0 Å². The molecular formula is C18H38N2O2S2. The lowest BCUT2D eigenvalue weighted by Crippen LogP contribution is -2.01. The van der Waals surface area contributed by atoms with Crippen LogP contribution in [0.5, 0.6) is 0 Å². The van der Waals surface area contributed by atoms with Crippen LogP contribution in [-0.4, -0.2) is 14.2 Å². The van der Waals surface area contributed by atoms with Gasteiger partial charge in [0.15, 0.2) is 0 Å². The minimum absolute atomic E-state index is 0.0946. The summed E-state index contributed by atoms with van der Waals surface area (Å²) >= 11 is 0.284. The molecule has 144 valence electrons. The maximum atomic E-state index is 11.3. The lowest BCUT2D eigenvalue weighted by atomic mass is 10.0. The molecule has 0 spiro atoms. The summed E-state index contributed by atoms with van der Waals surface area (Å²) in [7, 11) is -3.35. The van der Waals surface area contributed by atoms with E-state index in [1.807, 2.05) is 0 Å². The normalized spacial score (nSPS) is 11.5. The van der Waals surface area contributed by atoms with Crippen molar-refractivity contribution in [3.63, 3.8) is 0 Å². The van der Waals surface area contributed by atoms with Crippen molar-refractivity contribution in [2.45, 2.75) is 110 Å². The fourth-order valence-corrected chi connectivity index (χ4v) is 4.25. The molecule has 1 N–H and O–H groups in total. The van der Waals surface area contributed by atoms with Gasteiger partial charge in [0, 0.05) is 0 Å². The highest BCUT2D eigenvalue weighted by Crippen LogP contribution is 2.13. The predicted octanol–water partition coefficient (Wildman–Crippen LogP) is 6.61. The monoisotopic (exact) mass is 378 g/mol. The van der Waals surface area contributed by atoms with Crippen molar-refractivity contribution < 1.29 is 8.42 Å². The molecule has 0 radical (unpaired) electrons. The van der Waals surface area contributed by atoms with E-state index in [9.17, 15) is 8.42 Å². The molecular weight excluding hydrogens is 340 g/mol. The molecule has 0 aromatic rings. The third-order valence-electron chi connectivity index (χ3n) is 4.41. The number of sulfonamides is 1. The molecule has 0 atom stereocenters. The molecule has 0 aliphatic rings. The summed E-state index contributed by atoms with van der Waals surface area (Å²) in [5.74, 6) is 0.0946. The van der Waals surface area contributed by atoms with E-state index in [-0.39, 0.29) is 17.1 Å². The first kappa shape index (κ1) is 23.8. The van der Waals surface area contributed by atoms with Gasteiger partial charge in [-0.2, -0.15) is 0 Å². The van der Waals surface area contributed by atoms with Gasteiger partial charge < -0.3 is 0 Å². The Labute approximate surface area is 153 Å². The van der Waals surface area contributed by atoms with Crippen molar-refractivity contribution in [2.24, 2.45) is 3.77 Å². The van der Waals surface area contributed by atoms with Crippen molar-refractivity contribution in [3.05, 3.63) is 0 Å². The van der Waals surface area contributed by atoms with Crippen molar-refractivity contribution in [1.29, 1.82) is 4.78 Å². The summed E-state index contributed by atoms with van der Waals surface area (Å²) in [4.78, 5) is 0. The zero-order valence-corrected chi connectivity index (χ0v) is 17.2. The van der Waals surface area contributed by atoms with E-state index in [1.54, 1.807) is 0 Å². The first-order valence-electron chi connectivity index (χ1n) is 9.90. The molecule has 0 rings (SSSR count). The summed E-state index contributed by atoms with van der Waals surface area (Å²) < 4.78 is 32.5. The SMILES string of the molecule is CCCCCCCCCCCCCCCCCCS(=O)(=O)N=S=N. The molecule has 0 aliphatic carbocycles. The van der Waals surface area contributed by atoms with Crippen LogP contribution in [-0.2, 0) is 21.4 Å². The Morgan fingerprint density at radius 3 is 1.33 bits per heavy atom. The zero-order chi connectivity index (χ0) is 17.9. The first-order valence-corrected chi connectivity index (χ1v) is 12.3. The lowest BCUT2D eigenvalue weighted by Gasteiger charge is -2.03. The van der Waals surface area contributed by atoms with Crippen LogP contribution in [0.2, 0.25) is 0 Å². The molecule has 0 aromatic heterocycles. The van der Waals surface area contributed by atoms with E-state index < -0.39 is 10.0 Å². The molecule has 6 heteroatoms. The zero-order valence-electron chi connectivity index (χ0n) is 15.6. The molecule has 0 saturated carbocycles. The van der Waals surface area contributed by atoms with E-state index >= 15 is 0 Å². The van der Waals surface area contributed by atoms with Gasteiger partial charge in [-0.1, -0.05) is 107 Å². The van der Waals surface area contributed by atoms with Gasteiger partial charge in [0.1, 0.15) is 0 Å². The second-order valence-electron chi connectivity index (χ2n) is 6.76. The van der Waals surface area contributed by atoms with Crippen LogP contribution in [0.25, 0.3) is 0 Å². The van der Waals surface area contributed by atoms with Gasteiger partial charge in [-0.25, -0.2) is 13.2 Å². The first-order chi connectivity index (χ1) is 11.6. The highest BCUT2D eigenvalue weighted by Gasteiger charge is 2.06. The quantitative estimate of drug-likeness (QED) is 0.273. The smallest absolute Gasteiger partial charge is 0.228 e. The van der Waals surface area contributed by atoms with Gasteiger partial charge in [-0.3, -0.25) is 0 Å². The van der Waals surface area contributed by atoms with Crippen LogP contribution in [0.3, 0.4) is 0 Å². The summed E-state index contributed by atoms with van der Waals surface area (Å²) in [6.07, 6.45) is 20.5. The van der Waals surface area contributed by atoms with Gasteiger partial charge in [0.2, 0.25) is 0 Å². The van der Waals surface area contributed by atoms with Crippen molar-refractivity contribution in [2.75, 3.05) is 5.75 Å². The van der Waals surface area contributed by atoms with Crippen LogP contribution < -0.4 is 0 Å². The maximum Gasteiger partial charge on any atom is 0.264 e. The Morgan fingerprint density at radius 1 is 0.667 bits per heavy atom. The van der Waals surface area contributed by atoms with E-state index in [1.165, 1.54) is 83.5 Å². The lowest BCUT2D eigenvalue weighted by molar-refractivity contribution is 0.531. The van der Waals surface area contributed by atoms with Crippen molar-refractivity contribution >= 4 is 21.4 Å². The largest absolute Gasteiger partial charge is 0.264 e. The average Bonchev–Trinajstić information content (AvgIpc) is 2.54. The van der Waals surface area contributed by atoms with Gasteiger partial charge in [-0.05, 0) is 6.42 Å². The highest BCUT2D eigenvalue weighted by molar-refractivity contribution is 7.93. The van der Waals surface area contributed by atoms with Gasteiger partial charge in [0.05, 0.1) is 17.1 Å². The number of nitrogens with one attached hydrogen (secondary N) is 1. The standard InChI is InChI=1S/C18H38N2O2S2/c1-2-3-4-5-6-7-8-9-10-11-12-13-14-15-16-17-18-24(21,22)20-23-19/h19H,2-18H2,1H3. The molecule has 24 heavy (non-hydrogen) atoms. The minimum Gasteiger partial charge on any atom is -0.228 e. The Morgan fingerprint density at radius 2 is 1.00 bits per heavy atom. The summed E-state index contributed by atoms with van der Waals surface area (Å²) in [6.45, 7) is 2.27. The molecule has 0 unspecified atom stereocenters. The molecule has 0 aromatic carbocycles. The minimum atomic E-state index is -3.35. The van der Waals surface area contributed by atoms with Crippen LogP contribution in [0.4, 0.5) is 0 Å². The second-order valence-corrected chi connectivity index (χ2v) is 9.11. The van der Waals surface area contributed by atoms with Crippen molar-refractivity contribution in [1.82, 2.24) is 0 Å². The molecule has 0 heterocycles. The van der Waals surface area contributed by atoms with Crippen LogP contribution in [0.15, 0.2) is 3.77 Å². The predicted molar refractivity (Wildman–Crippen MR) is 106 cm³/mol. The second kappa shape index (κ2) is 17.6. The van der Waals surface area contributed by atoms with Gasteiger partial charge >= 0.3 is 0 Å². The number of unbranched alkanes of at least 4 members (excludes halogenated alkanes) is 15. The average molecular weight is 379 g/mol. The summed E-state index contributed by atoms with van der Waals surface area (Å²) in [5.41, 5.74) is 0. The number of hydrogen-bond acceptors (Lipinski definition) is 3. The molecule has 0 fully saturated rings. The number of hydrogen-bond donors (Lipinski definition) is 1. The molecule has 0 bridgehead atoms. The molecule has 0 amide bonds. The topological polar surface area (TPSA) is 70.3 Å². The molecule has 0 saturated heterocycles. The third-order valence-corrected chi connectivity index (χ3v) is 6.42. The maximum absolute atomic E-state index is 11.3. The van der Waals surface area contributed by atoms with E-state index in [0.717, 1.165) is 12.8 Å². The molecule has 0 aliphatic heterocycles. The van der Waals surface area contributed by atoms with Crippen LogP contribution in [0, 0.1) is 4.78 Å². The van der Waals surface area contributed by atoms with E-state index in [2.05, 4.69) is 10.7 Å². The summed E-state index contributed by atoms with van der Waals surface area (Å²) in [6, 6.07) is 0. The highest BCUT2D eigenvalue weighted by atomic mass is 32.2. The Bertz CT molecular complexity index is 419. The Kier molecular flexibility index (Phi) is 17.4. The number of nitrogens with zero attached hydrogens (tertiary/aromatic N) is 1. The van der Waals surface area contributed by atoms with E-state index in [4.69, 9.17) is 4.78 Å².